The van der Waals surface area contributed by atoms with Gasteiger partial charge in [-0.3, -0.25) is 14.2 Å². The van der Waals surface area contributed by atoms with Crippen LogP contribution in [0.25, 0.3) is 16.6 Å². The number of fused-ring (bicyclic) bond motifs is 1. The summed E-state index contributed by atoms with van der Waals surface area (Å²) in [4.78, 5) is 33.1. The van der Waals surface area contributed by atoms with Gasteiger partial charge in [0.25, 0.3) is 5.56 Å². The Morgan fingerprint density at radius 2 is 1.91 bits per heavy atom. The average molecular weight is 502 g/mol. The molecule has 0 spiro atoms. The van der Waals surface area contributed by atoms with Gasteiger partial charge >= 0.3 is 0 Å². The zero-order chi connectivity index (χ0) is 23.4. The molecule has 32 heavy (non-hydrogen) atoms. The van der Waals surface area contributed by atoms with Crippen LogP contribution in [0.1, 0.15) is 45.5 Å². The van der Waals surface area contributed by atoms with E-state index in [2.05, 4.69) is 15.9 Å². The maximum absolute atomic E-state index is 13.7. The summed E-state index contributed by atoms with van der Waals surface area (Å²) >= 11 is 3.58. The Morgan fingerprint density at radius 1 is 1.19 bits per heavy atom. The molecule has 0 N–H and O–H groups in total. The second kappa shape index (κ2) is 10.2. The predicted octanol–water partition coefficient (Wildman–Crippen LogP) is 4.88. The second-order valence-corrected chi connectivity index (χ2v) is 8.20. The molecule has 3 rings (SSSR count). The maximum Gasteiger partial charge on any atom is 0.266 e. The summed E-state index contributed by atoms with van der Waals surface area (Å²) in [5, 5.41) is 0.487. The van der Waals surface area contributed by atoms with Crippen molar-refractivity contribution in [2.75, 3.05) is 20.8 Å². The summed E-state index contributed by atoms with van der Waals surface area (Å²) in [5.41, 5.74) is 0.891. The summed E-state index contributed by atoms with van der Waals surface area (Å²) < 4.78 is 13.1. The first kappa shape index (κ1) is 23.8. The fourth-order valence-corrected chi connectivity index (χ4v) is 4.34. The van der Waals surface area contributed by atoms with Gasteiger partial charge in [-0.05, 0) is 41.4 Å². The Bertz CT molecular complexity index is 1190. The number of rotatable bonds is 8. The minimum absolute atomic E-state index is 0.00981. The van der Waals surface area contributed by atoms with Crippen LogP contribution in [0, 0.1) is 0 Å². The maximum atomic E-state index is 13.7. The number of hydrogen-bond acceptors (Lipinski definition) is 5. The topological polar surface area (TPSA) is 73.7 Å². The van der Waals surface area contributed by atoms with Gasteiger partial charge in [-0.25, -0.2) is 4.98 Å². The summed E-state index contributed by atoms with van der Waals surface area (Å²) in [5.74, 6) is 1.54. The fraction of sp³-hybridized carbons (Fsp3) is 0.375. The number of methoxy groups -OCH3 is 2. The Kier molecular flexibility index (Phi) is 7.56. The van der Waals surface area contributed by atoms with Crippen molar-refractivity contribution >= 4 is 32.7 Å². The highest BCUT2D eigenvalue weighted by Gasteiger charge is 2.27. The van der Waals surface area contributed by atoms with Gasteiger partial charge in [-0.1, -0.05) is 26.0 Å². The molecule has 0 saturated carbocycles. The molecule has 1 heterocycles. The van der Waals surface area contributed by atoms with Crippen LogP contribution >= 0.6 is 15.9 Å². The number of aromatic nitrogens is 2. The molecule has 3 aromatic rings. The van der Waals surface area contributed by atoms with Crippen molar-refractivity contribution in [1.82, 2.24) is 14.5 Å². The van der Waals surface area contributed by atoms with Gasteiger partial charge in [0, 0.05) is 25.1 Å². The molecule has 1 amide bonds. The molecule has 0 aliphatic carbocycles. The predicted molar refractivity (Wildman–Crippen MR) is 129 cm³/mol. The molecule has 7 nitrogen and oxygen atoms in total. The smallest absolute Gasteiger partial charge is 0.266 e. The molecule has 0 radical (unpaired) electrons. The molecule has 1 atom stereocenters. The molecule has 0 aliphatic heterocycles. The lowest BCUT2D eigenvalue weighted by atomic mass is 10.1. The van der Waals surface area contributed by atoms with Crippen LogP contribution in [0.2, 0.25) is 0 Å². The lowest BCUT2D eigenvalue weighted by Gasteiger charge is -2.30. The van der Waals surface area contributed by atoms with Gasteiger partial charge in [0.05, 0.1) is 41.3 Å². The van der Waals surface area contributed by atoms with Gasteiger partial charge in [-0.2, -0.15) is 0 Å². The number of amides is 1. The first-order valence-corrected chi connectivity index (χ1v) is 11.4. The molecular weight excluding hydrogens is 474 g/mol. The van der Waals surface area contributed by atoms with Crippen molar-refractivity contribution in [3.8, 4) is 17.2 Å². The third-order valence-electron chi connectivity index (χ3n) is 5.42. The van der Waals surface area contributed by atoms with E-state index in [1.54, 1.807) is 41.9 Å². The van der Waals surface area contributed by atoms with Crippen molar-refractivity contribution in [2.45, 2.75) is 39.7 Å². The van der Waals surface area contributed by atoms with Gasteiger partial charge in [0.1, 0.15) is 17.3 Å². The molecule has 0 aliphatic rings. The van der Waals surface area contributed by atoms with Crippen LogP contribution in [-0.2, 0) is 4.79 Å². The van der Waals surface area contributed by atoms with E-state index in [1.165, 1.54) is 0 Å². The number of hydrogen-bond donors (Lipinski definition) is 0. The van der Waals surface area contributed by atoms with E-state index in [0.29, 0.717) is 51.4 Å². The van der Waals surface area contributed by atoms with E-state index >= 15 is 0 Å². The van der Waals surface area contributed by atoms with Crippen molar-refractivity contribution < 1.29 is 14.3 Å². The number of halogens is 1. The first-order valence-electron chi connectivity index (χ1n) is 10.6. The number of carbonyl (C=O) groups excluding carboxylic acids is 1. The Balaban J connectivity index is 2.39. The minimum atomic E-state index is -0.427. The highest BCUT2D eigenvalue weighted by molar-refractivity contribution is 9.10. The fourth-order valence-electron chi connectivity index (χ4n) is 3.77. The Labute approximate surface area is 196 Å². The summed E-state index contributed by atoms with van der Waals surface area (Å²) in [6.45, 7) is 6.33. The van der Waals surface area contributed by atoms with Crippen LogP contribution in [-0.4, -0.2) is 41.1 Å². The van der Waals surface area contributed by atoms with Crippen molar-refractivity contribution in [1.29, 1.82) is 0 Å². The third kappa shape index (κ3) is 4.37. The highest BCUT2D eigenvalue weighted by atomic mass is 79.9. The molecule has 0 bridgehead atoms. The monoisotopic (exact) mass is 501 g/mol. The molecular formula is C24H28BrN3O4. The number of nitrogens with zero attached hydrogens (tertiary/aromatic N) is 3. The zero-order valence-electron chi connectivity index (χ0n) is 19.0. The lowest BCUT2D eigenvalue weighted by molar-refractivity contribution is -0.133. The summed E-state index contributed by atoms with van der Waals surface area (Å²) in [6, 6.07) is 10.3. The minimum Gasteiger partial charge on any atom is -0.497 e. The molecule has 2 aromatic carbocycles. The molecule has 1 unspecified atom stereocenters. The third-order valence-corrected chi connectivity index (χ3v) is 6.22. The Hall–Kier alpha value is -2.87. The number of ether oxygens (including phenoxy) is 2. The van der Waals surface area contributed by atoms with Gasteiger partial charge in [-0.15, -0.1) is 0 Å². The molecule has 1 aromatic heterocycles. The molecule has 0 fully saturated rings. The summed E-state index contributed by atoms with van der Waals surface area (Å²) in [6.07, 6.45) is 1.17. The van der Waals surface area contributed by atoms with Crippen LogP contribution in [0.15, 0.2) is 45.7 Å². The van der Waals surface area contributed by atoms with E-state index in [4.69, 9.17) is 14.5 Å². The second-order valence-electron chi connectivity index (χ2n) is 7.41. The molecule has 170 valence electrons. The van der Waals surface area contributed by atoms with Crippen LogP contribution in [0.5, 0.6) is 11.5 Å². The van der Waals surface area contributed by atoms with E-state index in [1.807, 2.05) is 39.0 Å². The van der Waals surface area contributed by atoms with E-state index in [-0.39, 0.29) is 11.5 Å². The SMILES string of the molecule is CCCN(C(=O)CC)C(C)c1nc2ccccc2c(=O)n1-c1cc(OC)cc(OC)c1Br. The highest BCUT2D eigenvalue weighted by Crippen LogP contribution is 2.37. The number of para-hydroxylation sites is 1. The molecule has 8 heteroatoms. The van der Waals surface area contributed by atoms with E-state index in [9.17, 15) is 9.59 Å². The normalized spacial score (nSPS) is 11.9. The van der Waals surface area contributed by atoms with E-state index in [0.717, 1.165) is 6.42 Å². The van der Waals surface area contributed by atoms with Gasteiger partial charge in [0.15, 0.2) is 0 Å². The van der Waals surface area contributed by atoms with Crippen LogP contribution in [0.3, 0.4) is 0 Å². The number of benzene rings is 2. The Morgan fingerprint density at radius 3 is 2.53 bits per heavy atom. The molecule has 0 saturated heterocycles. The van der Waals surface area contributed by atoms with Gasteiger partial charge in [0.2, 0.25) is 5.91 Å². The average Bonchev–Trinajstić information content (AvgIpc) is 2.82. The van der Waals surface area contributed by atoms with Crippen LogP contribution < -0.4 is 15.0 Å². The quantitative estimate of drug-likeness (QED) is 0.439. The van der Waals surface area contributed by atoms with Gasteiger partial charge < -0.3 is 14.4 Å². The van der Waals surface area contributed by atoms with Crippen LogP contribution in [0.4, 0.5) is 0 Å². The first-order chi connectivity index (χ1) is 15.4. The van der Waals surface area contributed by atoms with Crippen molar-refractivity contribution in [3.05, 3.63) is 57.0 Å². The number of carbonyl (C=O) groups is 1. The summed E-state index contributed by atoms with van der Waals surface area (Å²) in [7, 11) is 3.11. The largest absolute Gasteiger partial charge is 0.497 e. The zero-order valence-corrected chi connectivity index (χ0v) is 20.6. The standard InChI is InChI=1S/C24H28BrN3O4/c1-6-12-27(21(29)7-2)15(3)23-26-18-11-9-8-10-17(18)24(30)28(23)19-13-16(31-4)14-20(32-5)22(19)25/h8-11,13-15H,6-7,12H2,1-5H3. The van der Waals surface area contributed by atoms with Crippen molar-refractivity contribution in [3.63, 3.8) is 0 Å². The van der Waals surface area contributed by atoms with E-state index < -0.39 is 6.04 Å². The lowest BCUT2D eigenvalue weighted by Crippen LogP contribution is -2.37. The van der Waals surface area contributed by atoms with Crippen molar-refractivity contribution in [2.24, 2.45) is 0 Å².